The predicted molar refractivity (Wildman–Crippen MR) is 90.1 cm³/mol. The van der Waals surface area contributed by atoms with Crippen LogP contribution in [0.2, 0.25) is 0 Å². The van der Waals surface area contributed by atoms with Crippen molar-refractivity contribution in [3.63, 3.8) is 0 Å². The Labute approximate surface area is 133 Å². The van der Waals surface area contributed by atoms with E-state index in [0.717, 1.165) is 16.7 Å². The molecule has 0 aliphatic rings. The van der Waals surface area contributed by atoms with Gasteiger partial charge in [-0.15, -0.1) is 0 Å². The molecule has 2 aromatic rings. The number of hydrogen-bond acceptors (Lipinski definition) is 2. The maximum absolute atomic E-state index is 11.0. The molecule has 1 amide bonds. The van der Waals surface area contributed by atoms with Crippen LogP contribution in [0.1, 0.15) is 31.0 Å². The molecule has 0 radical (unpaired) electrons. The van der Waals surface area contributed by atoms with Gasteiger partial charge in [0, 0.05) is 29.7 Å². The van der Waals surface area contributed by atoms with Gasteiger partial charge in [0.15, 0.2) is 0 Å². The van der Waals surface area contributed by atoms with Crippen molar-refractivity contribution in [3.05, 3.63) is 64.1 Å². The molecule has 1 atom stereocenters. The van der Waals surface area contributed by atoms with Crippen LogP contribution in [0.3, 0.4) is 0 Å². The van der Waals surface area contributed by atoms with Gasteiger partial charge in [0.05, 0.1) is 0 Å². The highest BCUT2D eigenvalue weighted by atomic mass is 79.9. The second kappa shape index (κ2) is 7.38. The minimum Gasteiger partial charge on any atom is -0.326 e. The molecular weight excluding hydrogens is 328 g/mol. The topological polar surface area (TPSA) is 41.1 Å². The lowest BCUT2D eigenvalue weighted by molar-refractivity contribution is -0.114. The van der Waals surface area contributed by atoms with E-state index in [2.05, 4.69) is 45.6 Å². The van der Waals surface area contributed by atoms with E-state index in [-0.39, 0.29) is 11.9 Å². The van der Waals surface area contributed by atoms with Crippen molar-refractivity contribution in [3.8, 4) is 0 Å². The molecule has 0 unspecified atom stereocenters. The van der Waals surface area contributed by atoms with Gasteiger partial charge in [-0.2, -0.15) is 0 Å². The molecule has 0 saturated heterocycles. The van der Waals surface area contributed by atoms with Gasteiger partial charge in [-0.05, 0) is 42.3 Å². The number of hydrogen-bond donors (Lipinski definition) is 2. The summed E-state index contributed by atoms with van der Waals surface area (Å²) in [5, 5.41) is 6.26. The molecule has 110 valence electrons. The van der Waals surface area contributed by atoms with Gasteiger partial charge < -0.3 is 10.6 Å². The van der Waals surface area contributed by atoms with E-state index >= 15 is 0 Å². The largest absolute Gasteiger partial charge is 0.326 e. The van der Waals surface area contributed by atoms with Crippen LogP contribution in [0, 0.1) is 0 Å². The fraction of sp³-hybridized carbons (Fsp3) is 0.235. The molecule has 4 heteroatoms. The lowest BCUT2D eigenvalue weighted by atomic mass is 10.1. The first-order chi connectivity index (χ1) is 10.0. The molecular formula is C17H19BrN2O. The van der Waals surface area contributed by atoms with Crippen molar-refractivity contribution in [2.45, 2.75) is 26.4 Å². The Kier molecular flexibility index (Phi) is 5.53. The molecule has 2 rings (SSSR count). The molecule has 0 bridgehead atoms. The van der Waals surface area contributed by atoms with E-state index < -0.39 is 0 Å². The first-order valence-corrected chi connectivity index (χ1v) is 7.69. The van der Waals surface area contributed by atoms with Crippen molar-refractivity contribution < 1.29 is 4.79 Å². The monoisotopic (exact) mass is 346 g/mol. The van der Waals surface area contributed by atoms with Gasteiger partial charge in [-0.3, -0.25) is 4.79 Å². The smallest absolute Gasteiger partial charge is 0.221 e. The summed E-state index contributed by atoms with van der Waals surface area (Å²) in [4.78, 5) is 11.0. The number of halogens is 1. The van der Waals surface area contributed by atoms with E-state index in [0.29, 0.717) is 0 Å². The van der Waals surface area contributed by atoms with Gasteiger partial charge >= 0.3 is 0 Å². The average molecular weight is 347 g/mol. The summed E-state index contributed by atoms with van der Waals surface area (Å²) < 4.78 is 1.09. The minimum atomic E-state index is -0.0517. The highest BCUT2D eigenvalue weighted by molar-refractivity contribution is 9.10. The van der Waals surface area contributed by atoms with E-state index in [4.69, 9.17) is 0 Å². The van der Waals surface area contributed by atoms with Crippen LogP contribution in [0.25, 0.3) is 0 Å². The second-order valence-electron chi connectivity index (χ2n) is 5.04. The summed E-state index contributed by atoms with van der Waals surface area (Å²) in [6.07, 6.45) is 0. The zero-order valence-electron chi connectivity index (χ0n) is 12.2. The first kappa shape index (κ1) is 15.7. The quantitative estimate of drug-likeness (QED) is 0.849. The van der Waals surface area contributed by atoms with Crippen LogP contribution >= 0.6 is 15.9 Å². The molecule has 0 fully saturated rings. The Hall–Kier alpha value is -1.65. The van der Waals surface area contributed by atoms with Crippen LogP contribution in [-0.4, -0.2) is 5.91 Å². The highest BCUT2D eigenvalue weighted by Crippen LogP contribution is 2.18. The molecule has 2 N–H and O–H groups in total. The number of anilines is 1. The third-order valence-electron chi connectivity index (χ3n) is 3.24. The van der Waals surface area contributed by atoms with Crippen LogP contribution < -0.4 is 10.6 Å². The van der Waals surface area contributed by atoms with Gasteiger partial charge in [-0.25, -0.2) is 0 Å². The van der Waals surface area contributed by atoms with Crippen molar-refractivity contribution in [1.29, 1.82) is 0 Å². The van der Waals surface area contributed by atoms with Crippen molar-refractivity contribution in [2.75, 3.05) is 5.32 Å². The third kappa shape index (κ3) is 4.99. The van der Waals surface area contributed by atoms with Crippen LogP contribution in [-0.2, 0) is 11.3 Å². The van der Waals surface area contributed by atoms with Gasteiger partial charge in [0.25, 0.3) is 0 Å². The SMILES string of the molecule is CC(=O)Nc1ccc(CN[C@@H](C)c2cccc(Br)c2)cc1. The fourth-order valence-corrected chi connectivity index (χ4v) is 2.49. The number of carbonyl (C=O) groups excluding carboxylic acids is 1. The lowest BCUT2D eigenvalue weighted by Crippen LogP contribution is -2.18. The van der Waals surface area contributed by atoms with Crippen molar-refractivity contribution in [1.82, 2.24) is 5.32 Å². The standard InChI is InChI=1S/C17H19BrN2O/c1-12(15-4-3-5-16(18)10-15)19-11-14-6-8-17(9-7-14)20-13(2)21/h3-10,12,19H,11H2,1-2H3,(H,20,21)/t12-/m0/s1. The molecule has 0 spiro atoms. The summed E-state index contributed by atoms with van der Waals surface area (Å²) >= 11 is 3.49. The van der Waals surface area contributed by atoms with Crippen LogP contribution in [0.5, 0.6) is 0 Å². The summed E-state index contributed by atoms with van der Waals surface area (Å²) in [6, 6.07) is 16.5. The van der Waals surface area contributed by atoms with E-state index in [1.54, 1.807) is 0 Å². The number of carbonyl (C=O) groups is 1. The molecule has 0 heterocycles. The van der Waals surface area contributed by atoms with Gasteiger partial charge in [0.2, 0.25) is 5.91 Å². The number of benzene rings is 2. The Bertz CT molecular complexity index is 610. The molecule has 0 aromatic heterocycles. The predicted octanol–water partition coefficient (Wildman–Crippen LogP) is 4.26. The maximum Gasteiger partial charge on any atom is 0.221 e. The van der Waals surface area contributed by atoms with Gasteiger partial charge in [-0.1, -0.05) is 40.2 Å². The summed E-state index contributed by atoms with van der Waals surface area (Å²) in [5.74, 6) is -0.0517. The number of rotatable bonds is 5. The number of nitrogens with one attached hydrogen (secondary N) is 2. The first-order valence-electron chi connectivity index (χ1n) is 6.90. The lowest BCUT2D eigenvalue weighted by Gasteiger charge is -2.15. The van der Waals surface area contributed by atoms with Gasteiger partial charge in [0.1, 0.15) is 0 Å². The molecule has 21 heavy (non-hydrogen) atoms. The molecule has 0 aliphatic carbocycles. The van der Waals surface area contributed by atoms with Crippen LogP contribution in [0.15, 0.2) is 53.0 Å². The molecule has 3 nitrogen and oxygen atoms in total. The Morgan fingerprint density at radius 2 is 1.90 bits per heavy atom. The van der Waals surface area contributed by atoms with Crippen LogP contribution in [0.4, 0.5) is 5.69 Å². The minimum absolute atomic E-state index is 0.0517. The summed E-state index contributed by atoms with van der Waals surface area (Å²) in [6.45, 7) is 4.44. The van der Waals surface area contributed by atoms with E-state index in [1.165, 1.54) is 18.1 Å². The maximum atomic E-state index is 11.0. The summed E-state index contributed by atoms with van der Waals surface area (Å²) in [7, 11) is 0. The summed E-state index contributed by atoms with van der Waals surface area (Å²) in [5.41, 5.74) is 3.26. The van der Waals surface area contributed by atoms with Crippen molar-refractivity contribution >= 4 is 27.5 Å². The number of amides is 1. The molecule has 0 aliphatic heterocycles. The van der Waals surface area contributed by atoms with Crippen molar-refractivity contribution in [2.24, 2.45) is 0 Å². The zero-order chi connectivity index (χ0) is 15.2. The van der Waals surface area contributed by atoms with E-state index in [1.807, 2.05) is 36.4 Å². The molecule has 2 aromatic carbocycles. The third-order valence-corrected chi connectivity index (χ3v) is 3.73. The Balaban J connectivity index is 1.92. The zero-order valence-corrected chi connectivity index (χ0v) is 13.8. The fourth-order valence-electron chi connectivity index (χ4n) is 2.07. The Morgan fingerprint density at radius 3 is 2.52 bits per heavy atom. The molecule has 0 saturated carbocycles. The highest BCUT2D eigenvalue weighted by Gasteiger charge is 2.05. The second-order valence-corrected chi connectivity index (χ2v) is 5.95. The Morgan fingerprint density at radius 1 is 1.19 bits per heavy atom. The van der Waals surface area contributed by atoms with E-state index in [9.17, 15) is 4.79 Å². The normalized spacial score (nSPS) is 12.0. The average Bonchev–Trinajstić information content (AvgIpc) is 2.45.